The molecular formula is C15H12N8O. The van der Waals surface area contributed by atoms with Gasteiger partial charge in [-0.25, -0.2) is 14.5 Å². The molecule has 4 rings (SSSR count). The molecule has 9 nitrogen and oxygen atoms in total. The zero-order valence-corrected chi connectivity index (χ0v) is 12.4. The Kier molecular flexibility index (Phi) is 3.43. The summed E-state index contributed by atoms with van der Waals surface area (Å²) in [5.41, 5.74) is 1.97. The van der Waals surface area contributed by atoms with Gasteiger partial charge in [0.25, 0.3) is 5.91 Å². The molecule has 0 aliphatic carbocycles. The minimum absolute atomic E-state index is 0.220. The summed E-state index contributed by atoms with van der Waals surface area (Å²) in [5.74, 6) is 0.910. The molecule has 0 fully saturated rings. The van der Waals surface area contributed by atoms with Crippen molar-refractivity contribution in [3.05, 3.63) is 60.6 Å². The predicted octanol–water partition coefficient (Wildman–Crippen LogP) is 0.839. The van der Waals surface area contributed by atoms with E-state index in [9.17, 15) is 4.79 Å². The molecule has 24 heavy (non-hydrogen) atoms. The maximum absolute atomic E-state index is 12.2. The Hall–Kier alpha value is -3.62. The van der Waals surface area contributed by atoms with Gasteiger partial charge in [0.2, 0.25) is 0 Å². The van der Waals surface area contributed by atoms with Gasteiger partial charge in [-0.3, -0.25) is 14.9 Å². The smallest absolute Gasteiger partial charge is 0.251 e. The van der Waals surface area contributed by atoms with Crippen LogP contribution in [0.15, 0.2) is 49.2 Å². The number of nitrogens with zero attached hydrogens (tertiary/aromatic N) is 6. The number of hydrogen-bond acceptors (Lipinski definition) is 6. The van der Waals surface area contributed by atoms with Crippen LogP contribution in [0, 0.1) is 0 Å². The first-order valence-electron chi connectivity index (χ1n) is 7.19. The topological polar surface area (TPSA) is 114 Å². The molecule has 0 atom stereocenters. The molecule has 4 aromatic rings. The molecular weight excluding hydrogens is 308 g/mol. The number of rotatable bonds is 4. The molecule has 1 amide bonds. The van der Waals surface area contributed by atoms with E-state index in [2.05, 4.69) is 35.6 Å². The molecule has 0 bridgehead atoms. The molecule has 4 heterocycles. The number of fused-ring (bicyclic) bond motifs is 1. The minimum atomic E-state index is -0.220. The molecule has 2 N–H and O–H groups in total. The summed E-state index contributed by atoms with van der Waals surface area (Å²) in [4.78, 5) is 24.6. The fourth-order valence-corrected chi connectivity index (χ4v) is 2.23. The third-order valence-corrected chi connectivity index (χ3v) is 3.43. The van der Waals surface area contributed by atoms with Gasteiger partial charge in [-0.1, -0.05) is 0 Å². The van der Waals surface area contributed by atoms with E-state index in [0.29, 0.717) is 22.9 Å². The Labute approximate surface area is 135 Å². The Morgan fingerprint density at radius 3 is 3.00 bits per heavy atom. The van der Waals surface area contributed by atoms with Crippen LogP contribution in [0.5, 0.6) is 0 Å². The second-order valence-corrected chi connectivity index (χ2v) is 5.00. The fourth-order valence-electron chi connectivity index (χ4n) is 2.23. The van der Waals surface area contributed by atoms with Crippen molar-refractivity contribution < 1.29 is 4.79 Å². The Morgan fingerprint density at radius 1 is 1.25 bits per heavy atom. The Balaban J connectivity index is 1.45. The monoisotopic (exact) mass is 320 g/mol. The van der Waals surface area contributed by atoms with Crippen molar-refractivity contribution in [3.8, 4) is 11.4 Å². The highest BCUT2D eigenvalue weighted by Crippen LogP contribution is 2.12. The number of aromatic nitrogens is 7. The van der Waals surface area contributed by atoms with Crippen molar-refractivity contribution in [3.63, 3.8) is 0 Å². The van der Waals surface area contributed by atoms with Crippen LogP contribution in [0.25, 0.3) is 17.0 Å². The summed E-state index contributed by atoms with van der Waals surface area (Å²) in [6.45, 7) is 0.245. The van der Waals surface area contributed by atoms with Gasteiger partial charge in [-0.2, -0.15) is 10.2 Å². The maximum Gasteiger partial charge on any atom is 0.251 e. The van der Waals surface area contributed by atoms with Crippen molar-refractivity contribution in [1.82, 2.24) is 40.1 Å². The molecule has 0 saturated heterocycles. The van der Waals surface area contributed by atoms with Crippen LogP contribution in [-0.4, -0.2) is 40.7 Å². The van der Waals surface area contributed by atoms with Crippen LogP contribution >= 0.6 is 0 Å². The lowest BCUT2D eigenvalue weighted by Gasteiger charge is -2.03. The molecule has 0 spiro atoms. The van der Waals surface area contributed by atoms with Gasteiger partial charge in [0.05, 0.1) is 6.54 Å². The number of carbonyl (C=O) groups excluding carboxylic acids is 1. The number of hydrogen-bond donors (Lipinski definition) is 2. The number of carbonyl (C=O) groups is 1. The highest BCUT2D eigenvalue weighted by Gasteiger charge is 2.10. The molecule has 0 aliphatic rings. The average Bonchev–Trinajstić information content (AvgIpc) is 3.29. The van der Waals surface area contributed by atoms with E-state index in [4.69, 9.17) is 0 Å². The van der Waals surface area contributed by atoms with Gasteiger partial charge < -0.3 is 5.32 Å². The highest BCUT2D eigenvalue weighted by atomic mass is 16.1. The van der Waals surface area contributed by atoms with Crippen molar-refractivity contribution in [2.75, 3.05) is 0 Å². The number of H-pyrrole nitrogens is 1. The summed E-state index contributed by atoms with van der Waals surface area (Å²) < 4.78 is 1.59. The van der Waals surface area contributed by atoms with Gasteiger partial charge in [0.15, 0.2) is 11.5 Å². The van der Waals surface area contributed by atoms with Crippen LogP contribution in [0.2, 0.25) is 0 Å². The van der Waals surface area contributed by atoms with Gasteiger partial charge in [0, 0.05) is 29.7 Å². The molecule has 118 valence electrons. The Bertz CT molecular complexity index is 991. The zero-order valence-electron chi connectivity index (χ0n) is 12.4. The van der Waals surface area contributed by atoms with E-state index in [-0.39, 0.29) is 12.5 Å². The largest absolute Gasteiger partial charge is 0.345 e. The van der Waals surface area contributed by atoms with Crippen LogP contribution in [0.1, 0.15) is 16.2 Å². The second kappa shape index (κ2) is 5.88. The van der Waals surface area contributed by atoms with Crippen LogP contribution in [0.4, 0.5) is 0 Å². The fraction of sp³-hybridized carbons (Fsp3) is 0.0667. The van der Waals surface area contributed by atoms with Crippen molar-refractivity contribution in [2.24, 2.45) is 0 Å². The average molecular weight is 320 g/mol. The summed E-state index contributed by atoms with van der Waals surface area (Å²) in [6.07, 6.45) is 6.47. The van der Waals surface area contributed by atoms with E-state index < -0.39 is 0 Å². The lowest BCUT2D eigenvalue weighted by atomic mass is 10.2. The van der Waals surface area contributed by atoms with Gasteiger partial charge in [-0.05, 0) is 24.3 Å². The second-order valence-electron chi connectivity index (χ2n) is 5.00. The molecule has 0 aromatic carbocycles. The lowest BCUT2D eigenvalue weighted by molar-refractivity contribution is 0.0950. The predicted molar refractivity (Wildman–Crippen MR) is 83.8 cm³/mol. The van der Waals surface area contributed by atoms with Crippen LogP contribution in [-0.2, 0) is 6.54 Å². The summed E-state index contributed by atoms with van der Waals surface area (Å²) in [5, 5.41) is 13.7. The molecule has 0 unspecified atom stereocenters. The van der Waals surface area contributed by atoms with Gasteiger partial charge in [-0.15, -0.1) is 0 Å². The number of amides is 1. The molecule has 4 aromatic heterocycles. The van der Waals surface area contributed by atoms with Crippen LogP contribution < -0.4 is 5.32 Å². The van der Waals surface area contributed by atoms with E-state index in [1.54, 1.807) is 35.2 Å². The normalized spacial score (nSPS) is 10.8. The van der Waals surface area contributed by atoms with E-state index in [0.717, 1.165) is 5.56 Å². The SMILES string of the molecule is O=C(NCc1nc(-c2ccncc2)n[nH]1)c1ccn2ncnc2c1. The lowest BCUT2D eigenvalue weighted by Crippen LogP contribution is -2.23. The van der Waals surface area contributed by atoms with Crippen LogP contribution in [0.3, 0.4) is 0 Å². The van der Waals surface area contributed by atoms with Gasteiger partial charge >= 0.3 is 0 Å². The van der Waals surface area contributed by atoms with E-state index in [1.807, 2.05) is 12.1 Å². The van der Waals surface area contributed by atoms with Crippen molar-refractivity contribution >= 4 is 11.6 Å². The number of nitrogens with one attached hydrogen (secondary N) is 2. The third kappa shape index (κ3) is 2.70. The highest BCUT2D eigenvalue weighted by molar-refractivity contribution is 5.94. The number of pyridine rings is 2. The molecule has 9 heteroatoms. The van der Waals surface area contributed by atoms with E-state index in [1.165, 1.54) is 6.33 Å². The zero-order chi connectivity index (χ0) is 16.4. The summed E-state index contributed by atoms with van der Waals surface area (Å²) in [7, 11) is 0. The first kappa shape index (κ1) is 14.0. The standard InChI is InChI=1S/C15H12N8O/c24-15(11-3-6-23-13(7-11)18-9-19-23)17-8-12-20-14(22-21-12)10-1-4-16-5-2-10/h1-7,9H,8H2,(H,17,24)(H,20,21,22). The minimum Gasteiger partial charge on any atom is -0.345 e. The quantitative estimate of drug-likeness (QED) is 0.576. The molecule has 0 aliphatic heterocycles. The van der Waals surface area contributed by atoms with Gasteiger partial charge in [0.1, 0.15) is 12.2 Å². The first-order valence-corrected chi connectivity index (χ1v) is 7.19. The number of aromatic amines is 1. The first-order chi connectivity index (χ1) is 11.8. The van der Waals surface area contributed by atoms with Crippen molar-refractivity contribution in [1.29, 1.82) is 0 Å². The van der Waals surface area contributed by atoms with E-state index >= 15 is 0 Å². The molecule has 0 radical (unpaired) electrons. The third-order valence-electron chi connectivity index (χ3n) is 3.43. The van der Waals surface area contributed by atoms with Crippen molar-refractivity contribution in [2.45, 2.75) is 6.54 Å². The molecule has 0 saturated carbocycles. The Morgan fingerprint density at radius 2 is 2.12 bits per heavy atom. The maximum atomic E-state index is 12.2. The summed E-state index contributed by atoms with van der Waals surface area (Å²) in [6, 6.07) is 6.99. The summed E-state index contributed by atoms with van der Waals surface area (Å²) >= 11 is 0.